The Morgan fingerprint density at radius 1 is 1.30 bits per heavy atom. The fraction of sp³-hybridized carbons (Fsp3) is 0.625. The molecule has 2 bridgehead atoms. The monoisotopic (exact) mass is 278 g/mol. The standard InChI is InChI=1S/C16H23FN2O/c1-19(14-8-12-4-5-13(9-14)18-12)10-11-3-6-16(20-2)15(17)7-11/h3,6-7,12-14,18H,4-5,8-10H2,1-2H3. The highest BCUT2D eigenvalue weighted by Gasteiger charge is 2.34. The van der Waals surface area contributed by atoms with Crippen LogP contribution in [0.4, 0.5) is 4.39 Å². The van der Waals surface area contributed by atoms with Crippen molar-refractivity contribution < 1.29 is 9.13 Å². The molecule has 3 nitrogen and oxygen atoms in total. The third kappa shape index (κ3) is 2.81. The summed E-state index contributed by atoms with van der Waals surface area (Å²) in [4.78, 5) is 2.37. The minimum Gasteiger partial charge on any atom is -0.494 e. The van der Waals surface area contributed by atoms with Gasteiger partial charge in [-0.15, -0.1) is 0 Å². The highest BCUT2D eigenvalue weighted by Crippen LogP contribution is 2.30. The van der Waals surface area contributed by atoms with E-state index in [9.17, 15) is 4.39 Å². The van der Waals surface area contributed by atoms with Gasteiger partial charge in [-0.1, -0.05) is 6.07 Å². The van der Waals surface area contributed by atoms with Gasteiger partial charge in [0.05, 0.1) is 7.11 Å². The number of hydrogen-bond acceptors (Lipinski definition) is 3. The molecule has 2 atom stereocenters. The summed E-state index contributed by atoms with van der Waals surface area (Å²) >= 11 is 0. The predicted molar refractivity (Wildman–Crippen MR) is 77.4 cm³/mol. The summed E-state index contributed by atoms with van der Waals surface area (Å²) in [7, 11) is 3.65. The van der Waals surface area contributed by atoms with Crippen LogP contribution in [0.5, 0.6) is 5.75 Å². The fourth-order valence-corrected chi connectivity index (χ4v) is 3.61. The SMILES string of the molecule is COc1ccc(CN(C)C2CC3CCC(C2)N3)cc1F. The van der Waals surface area contributed by atoms with Crippen molar-refractivity contribution >= 4 is 0 Å². The van der Waals surface area contributed by atoms with Crippen molar-refractivity contribution in [2.24, 2.45) is 0 Å². The summed E-state index contributed by atoms with van der Waals surface area (Å²) in [5, 5.41) is 3.66. The lowest BCUT2D eigenvalue weighted by atomic mass is 9.98. The lowest BCUT2D eigenvalue weighted by Gasteiger charge is -2.35. The number of nitrogens with one attached hydrogen (secondary N) is 1. The normalized spacial score (nSPS) is 28.9. The zero-order valence-electron chi connectivity index (χ0n) is 12.2. The molecule has 0 aliphatic carbocycles. The molecule has 110 valence electrons. The number of halogens is 1. The lowest BCUT2D eigenvalue weighted by Crippen LogP contribution is -2.46. The number of rotatable bonds is 4. The highest BCUT2D eigenvalue weighted by molar-refractivity contribution is 5.29. The molecule has 2 aliphatic rings. The number of nitrogens with zero attached hydrogens (tertiary/aromatic N) is 1. The number of fused-ring (bicyclic) bond motifs is 2. The first kappa shape index (κ1) is 13.8. The van der Waals surface area contributed by atoms with Gasteiger partial charge in [-0.2, -0.15) is 0 Å². The van der Waals surface area contributed by atoms with Gasteiger partial charge in [0.15, 0.2) is 11.6 Å². The smallest absolute Gasteiger partial charge is 0.165 e. The first-order valence-electron chi connectivity index (χ1n) is 7.44. The molecule has 1 aromatic carbocycles. The van der Waals surface area contributed by atoms with Crippen LogP contribution in [0.3, 0.4) is 0 Å². The van der Waals surface area contributed by atoms with Crippen molar-refractivity contribution in [3.63, 3.8) is 0 Å². The topological polar surface area (TPSA) is 24.5 Å². The number of benzene rings is 1. The van der Waals surface area contributed by atoms with Crippen molar-refractivity contribution in [1.29, 1.82) is 0 Å². The molecule has 0 aromatic heterocycles. The van der Waals surface area contributed by atoms with Crippen molar-refractivity contribution in [2.75, 3.05) is 14.2 Å². The van der Waals surface area contributed by atoms with E-state index < -0.39 is 0 Å². The van der Waals surface area contributed by atoms with Crippen molar-refractivity contribution in [3.05, 3.63) is 29.6 Å². The third-order valence-corrected chi connectivity index (χ3v) is 4.72. The van der Waals surface area contributed by atoms with E-state index in [-0.39, 0.29) is 5.82 Å². The van der Waals surface area contributed by atoms with Crippen LogP contribution in [0, 0.1) is 5.82 Å². The Hall–Kier alpha value is -1.13. The molecule has 0 amide bonds. The predicted octanol–water partition coefficient (Wildman–Crippen LogP) is 2.55. The average Bonchev–Trinajstić information content (AvgIpc) is 2.77. The Labute approximate surface area is 120 Å². The maximum atomic E-state index is 13.7. The van der Waals surface area contributed by atoms with E-state index in [2.05, 4.69) is 17.3 Å². The molecule has 2 aliphatic heterocycles. The lowest BCUT2D eigenvalue weighted by molar-refractivity contribution is 0.165. The van der Waals surface area contributed by atoms with Crippen LogP contribution < -0.4 is 10.1 Å². The van der Waals surface area contributed by atoms with Crippen molar-refractivity contribution in [2.45, 2.75) is 50.4 Å². The van der Waals surface area contributed by atoms with Gasteiger partial charge in [-0.05, 0) is 50.4 Å². The summed E-state index contributed by atoms with van der Waals surface area (Å²) in [6.07, 6.45) is 5.05. The molecule has 2 heterocycles. The van der Waals surface area contributed by atoms with E-state index in [1.54, 1.807) is 12.1 Å². The van der Waals surface area contributed by atoms with E-state index in [4.69, 9.17) is 4.74 Å². The zero-order valence-corrected chi connectivity index (χ0v) is 12.2. The first-order valence-corrected chi connectivity index (χ1v) is 7.44. The number of piperidine rings is 1. The minimum absolute atomic E-state index is 0.274. The molecule has 20 heavy (non-hydrogen) atoms. The Kier molecular flexibility index (Phi) is 3.94. The highest BCUT2D eigenvalue weighted by atomic mass is 19.1. The van der Waals surface area contributed by atoms with Crippen LogP contribution in [0.1, 0.15) is 31.2 Å². The average molecular weight is 278 g/mol. The van der Waals surface area contributed by atoms with Gasteiger partial charge in [0.2, 0.25) is 0 Å². The van der Waals surface area contributed by atoms with Crippen LogP contribution in [0.2, 0.25) is 0 Å². The van der Waals surface area contributed by atoms with Crippen molar-refractivity contribution in [3.8, 4) is 5.75 Å². The van der Waals surface area contributed by atoms with Gasteiger partial charge >= 0.3 is 0 Å². The fourth-order valence-electron chi connectivity index (χ4n) is 3.61. The van der Waals surface area contributed by atoms with Crippen molar-refractivity contribution in [1.82, 2.24) is 10.2 Å². The Morgan fingerprint density at radius 2 is 2.00 bits per heavy atom. The molecule has 2 unspecified atom stereocenters. The summed E-state index contributed by atoms with van der Waals surface area (Å²) in [5.74, 6) is 0.0418. The Morgan fingerprint density at radius 3 is 2.60 bits per heavy atom. The summed E-state index contributed by atoms with van der Waals surface area (Å²) in [5.41, 5.74) is 1.01. The number of methoxy groups -OCH3 is 1. The van der Waals surface area contributed by atoms with E-state index >= 15 is 0 Å². The van der Waals surface area contributed by atoms with E-state index in [1.165, 1.54) is 32.8 Å². The molecule has 2 fully saturated rings. The van der Waals surface area contributed by atoms with Crippen LogP contribution in [-0.2, 0) is 6.54 Å². The molecule has 2 saturated heterocycles. The largest absolute Gasteiger partial charge is 0.494 e. The second-order valence-electron chi connectivity index (χ2n) is 6.15. The zero-order chi connectivity index (χ0) is 14.1. The van der Waals surface area contributed by atoms with Gasteiger partial charge in [-0.3, -0.25) is 4.90 Å². The van der Waals surface area contributed by atoms with E-state index in [1.807, 2.05) is 6.07 Å². The minimum atomic E-state index is -0.274. The quantitative estimate of drug-likeness (QED) is 0.916. The summed E-state index contributed by atoms with van der Waals surface area (Å²) in [6.45, 7) is 0.797. The summed E-state index contributed by atoms with van der Waals surface area (Å²) in [6, 6.07) is 7.24. The van der Waals surface area contributed by atoms with Gasteiger partial charge in [-0.25, -0.2) is 4.39 Å². The molecule has 0 saturated carbocycles. The van der Waals surface area contributed by atoms with E-state index in [0.29, 0.717) is 23.9 Å². The maximum Gasteiger partial charge on any atom is 0.165 e. The van der Waals surface area contributed by atoms with Gasteiger partial charge in [0.25, 0.3) is 0 Å². The Bertz CT molecular complexity index is 468. The van der Waals surface area contributed by atoms with E-state index in [0.717, 1.165) is 12.1 Å². The molecule has 1 N–H and O–H groups in total. The third-order valence-electron chi connectivity index (χ3n) is 4.72. The van der Waals surface area contributed by atoms with Crippen LogP contribution in [0.25, 0.3) is 0 Å². The molecule has 0 spiro atoms. The molecule has 0 radical (unpaired) electrons. The number of ether oxygens (including phenoxy) is 1. The van der Waals surface area contributed by atoms with Crippen LogP contribution in [0.15, 0.2) is 18.2 Å². The van der Waals surface area contributed by atoms with Gasteiger partial charge < -0.3 is 10.1 Å². The molecular formula is C16H23FN2O. The second kappa shape index (κ2) is 5.70. The second-order valence-corrected chi connectivity index (χ2v) is 6.15. The van der Waals surface area contributed by atoms with Gasteiger partial charge in [0.1, 0.15) is 0 Å². The number of hydrogen-bond donors (Lipinski definition) is 1. The molecule has 1 aromatic rings. The summed E-state index contributed by atoms with van der Waals surface area (Å²) < 4.78 is 18.7. The maximum absolute atomic E-state index is 13.7. The van der Waals surface area contributed by atoms with Crippen LogP contribution in [-0.4, -0.2) is 37.2 Å². The molecule has 4 heteroatoms. The Balaban J connectivity index is 1.63. The van der Waals surface area contributed by atoms with Gasteiger partial charge in [0, 0.05) is 24.7 Å². The first-order chi connectivity index (χ1) is 9.65. The molecular weight excluding hydrogens is 255 g/mol. The molecule has 3 rings (SSSR count). The van der Waals surface area contributed by atoms with Crippen LogP contribution >= 0.6 is 0 Å².